The molecule has 26 heavy (non-hydrogen) atoms. The molecular weight excluding hydrogens is 463 g/mol. The monoisotopic (exact) mass is 494 g/mol. The van der Waals surface area contributed by atoms with Crippen molar-refractivity contribution in [1.29, 1.82) is 0 Å². The Morgan fingerprint density at radius 3 is 2.62 bits per heavy atom. The maximum atomic E-state index is 6.24. The standard InChI is InChI=1S/C17H30N6OS.HI/c1-24-12-11-21-5-2-15(3-6-21)14-20-16(18)22-7-9-23(10-8-22)17-19-4-13-25-17;/h4,13,15H,2-3,5-12,14H2,1H3,(H2,18,20);1H. The quantitative estimate of drug-likeness (QED) is 0.368. The van der Waals surface area contributed by atoms with Crippen molar-refractivity contribution < 1.29 is 4.74 Å². The van der Waals surface area contributed by atoms with E-state index in [1.54, 1.807) is 18.4 Å². The van der Waals surface area contributed by atoms with Crippen molar-refractivity contribution in [3.63, 3.8) is 0 Å². The number of thiazole rings is 1. The lowest BCUT2D eigenvalue weighted by molar-refractivity contribution is 0.121. The number of piperidine rings is 1. The van der Waals surface area contributed by atoms with Crippen LogP contribution in [0.2, 0.25) is 0 Å². The molecule has 2 saturated heterocycles. The van der Waals surface area contributed by atoms with Gasteiger partial charge in [0.05, 0.1) is 6.61 Å². The maximum Gasteiger partial charge on any atom is 0.191 e. The molecule has 1 aromatic heterocycles. The number of nitrogens with two attached hydrogens (primary N) is 1. The van der Waals surface area contributed by atoms with Crippen molar-refractivity contribution in [3.05, 3.63) is 11.6 Å². The van der Waals surface area contributed by atoms with Gasteiger partial charge in [0.1, 0.15) is 0 Å². The molecule has 7 nitrogen and oxygen atoms in total. The van der Waals surface area contributed by atoms with E-state index in [0.717, 1.165) is 64.1 Å². The molecule has 0 radical (unpaired) electrons. The molecule has 0 spiro atoms. The Kier molecular flexibility index (Phi) is 9.37. The fraction of sp³-hybridized carbons (Fsp3) is 0.765. The van der Waals surface area contributed by atoms with E-state index >= 15 is 0 Å². The van der Waals surface area contributed by atoms with E-state index in [4.69, 9.17) is 15.5 Å². The number of anilines is 1. The molecule has 2 N–H and O–H groups in total. The molecule has 0 amide bonds. The van der Waals surface area contributed by atoms with Crippen LogP contribution in [0.3, 0.4) is 0 Å². The van der Waals surface area contributed by atoms with Crippen LogP contribution in [0.15, 0.2) is 16.6 Å². The number of nitrogens with zero attached hydrogens (tertiary/aromatic N) is 5. The smallest absolute Gasteiger partial charge is 0.191 e. The second-order valence-corrected chi connectivity index (χ2v) is 7.64. The highest BCUT2D eigenvalue weighted by molar-refractivity contribution is 14.0. The van der Waals surface area contributed by atoms with E-state index in [1.165, 1.54) is 12.8 Å². The second kappa shape index (κ2) is 11.3. The summed E-state index contributed by atoms with van der Waals surface area (Å²) in [5, 5.41) is 3.13. The Hall–Kier alpha value is -0.650. The summed E-state index contributed by atoms with van der Waals surface area (Å²) < 4.78 is 5.16. The summed E-state index contributed by atoms with van der Waals surface area (Å²) in [6.07, 6.45) is 4.28. The van der Waals surface area contributed by atoms with Crippen LogP contribution in [0.1, 0.15) is 12.8 Å². The van der Waals surface area contributed by atoms with E-state index in [9.17, 15) is 0 Å². The lowest BCUT2D eigenvalue weighted by Crippen LogP contribution is -2.51. The molecule has 2 fully saturated rings. The van der Waals surface area contributed by atoms with Gasteiger partial charge in [-0.2, -0.15) is 0 Å². The number of piperazine rings is 1. The Morgan fingerprint density at radius 1 is 1.27 bits per heavy atom. The van der Waals surface area contributed by atoms with E-state index in [1.807, 2.05) is 11.6 Å². The van der Waals surface area contributed by atoms with Gasteiger partial charge in [0.2, 0.25) is 0 Å². The van der Waals surface area contributed by atoms with Gasteiger partial charge in [-0.05, 0) is 31.8 Å². The molecule has 3 rings (SSSR count). The van der Waals surface area contributed by atoms with Gasteiger partial charge in [0.25, 0.3) is 0 Å². The van der Waals surface area contributed by atoms with Crippen LogP contribution in [-0.2, 0) is 4.74 Å². The Labute approximate surface area is 177 Å². The van der Waals surface area contributed by atoms with Gasteiger partial charge in [-0.1, -0.05) is 0 Å². The number of aliphatic imine (C=N–C) groups is 1. The zero-order valence-electron chi connectivity index (χ0n) is 15.5. The highest BCUT2D eigenvalue weighted by atomic mass is 127. The van der Waals surface area contributed by atoms with Crippen LogP contribution >= 0.6 is 35.3 Å². The van der Waals surface area contributed by atoms with E-state index < -0.39 is 0 Å². The van der Waals surface area contributed by atoms with Gasteiger partial charge in [0.15, 0.2) is 11.1 Å². The topological polar surface area (TPSA) is 70.2 Å². The molecule has 0 unspecified atom stereocenters. The predicted molar refractivity (Wildman–Crippen MR) is 119 cm³/mol. The molecule has 2 aliphatic rings. The van der Waals surface area contributed by atoms with Gasteiger partial charge in [0, 0.05) is 58.0 Å². The number of halogens is 1. The van der Waals surface area contributed by atoms with E-state index in [-0.39, 0.29) is 24.0 Å². The number of aromatic nitrogens is 1. The molecule has 0 atom stereocenters. The Bertz CT molecular complexity index is 527. The third-order valence-electron chi connectivity index (χ3n) is 5.12. The number of methoxy groups -OCH3 is 1. The van der Waals surface area contributed by atoms with Crippen LogP contribution in [0.5, 0.6) is 0 Å². The van der Waals surface area contributed by atoms with Crippen LogP contribution in [-0.4, -0.2) is 86.8 Å². The van der Waals surface area contributed by atoms with Crippen molar-refractivity contribution in [2.75, 3.05) is 71.0 Å². The minimum atomic E-state index is 0. The Morgan fingerprint density at radius 2 is 2.00 bits per heavy atom. The number of guanidine groups is 1. The molecule has 0 aromatic carbocycles. The van der Waals surface area contributed by atoms with E-state index in [0.29, 0.717) is 11.9 Å². The summed E-state index contributed by atoms with van der Waals surface area (Å²) in [6.45, 7) is 8.78. The highest BCUT2D eigenvalue weighted by Crippen LogP contribution is 2.19. The van der Waals surface area contributed by atoms with Crippen LogP contribution < -0.4 is 10.6 Å². The van der Waals surface area contributed by atoms with Crippen LogP contribution in [0.4, 0.5) is 5.13 Å². The fourth-order valence-corrected chi connectivity index (χ4v) is 4.13. The molecule has 9 heteroatoms. The third-order valence-corrected chi connectivity index (χ3v) is 5.96. The molecule has 0 aliphatic carbocycles. The number of ether oxygens (including phenoxy) is 1. The first-order chi connectivity index (χ1) is 12.3. The summed E-state index contributed by atoms with van der Waals surface area (Å²) in [4.78, 5) is 16.1. The average Bonchev–Trinajstić information content (AvgIpc) is 3.20. The first-order valence-corrected chi connectivity index (χ1v) is 10.0. The minimum absolute atomic E-state index is 0. The van der Waals surface area contributed by atoms with E-state index in [2.05, 4.69) is 19.7 Å². The average molecular weight is 494 g/mol. The lowest BCUT2D eigenvalue weighted by atomic mass is 9.97. The molecule has 0 saturated carbocycles. The van der Waals surface area contributed by atoms with Gasteiger partial charge in [-0.3, -0.25) is 4.99 Å². The summed E-state index contributed by atoms with van der Waals surface area (Å²) in [5.74, 6) is 1.37. The first-order valence-electron chi connectivity index (χ1n) is 9.17. The largest absolute Gasteiger partial charge is 0.383 e. The van der Waals surface area contributed by atoms with Crippen molar-refractivity contribution in [2.45, 2.75) is 12.8 Å². The molecule has 148 valence electrons. The summed E-state index contributed by atoms with van der Waals surface area (Å²) in [5.41, 5.74) is 6.24. The van der Waals surface area contributed by atoms with Gasteiger partial charge < -0.3 is 25.2 Å². The zero-order valence-corrected chi connectivity index (χ0v) is 18.7. The van der Waals surface area contributed by atoms with Crippen molar-refractivity contribution >= 4 is 46.4 Å². The maximum absolute atomic E-state index is 6.24. The highest BCUT2D eigenvalue weighted by Gasteiger charge is 2.21. The van der Waals surface area contributed by atoms with Gasteiger partial charge >= 0.3 is 0 Å². The van der Waals surface area contributed by atoms with Crippen molar-refractivity contribution in [1.82, 2.24) is 14.8 Å². The molecule has 1 aromatic rings. The SMILES string of the molecule is COCCN1CCC(CN=C(N)N2CCN(c3nccs3)CC2)CC1.I. The minimum Gasteiger partial charge on any atom is -0.383 e. The molecule has 0 bridgehead atoms. The summed E-state index contributed by atoms with van der Waals surface area (Å²) >= 11 is 1.70. The summed E-state index contributed by atoms with van der Waals surface area (Å²) in [7, 11) is 1.76. The van der Waals surface area contributed by atoms with Crippen molar-refractivity contribution in [3.8, 4) is 0 Å². The summed E-state index contributed by atoms with van der Waals surface area (Å²) in [6, 6.07) is 0. The molecule has 3 heterocycles. The molecular formula is C17H31IN6OS. The zero-order chi connectivity index (χ0) is 17.5. The predicted octanol–water partition coefficient (Wildman–Crippen LogP) is 1.56. The third kappa shape index (κ3) is 6.21. The van der Waals surface area contributed by atoms with Crippen molar-refractivity contribution in [2.24, 2.45) is 16.6 Å². The van der Waals surface area contributed by atoms with Crippen LogP contribution in [0, 0.1) is 5.92 Å². The molecule has 2 aliphatic heterocycles. The second-order valence-electron chi connectivity index (χ2n) is 6.77. The number of hydrogen-bond donors (Lipinski definition) is 1. The number of likely N-dealkylation sites (tertiary alicyclic amines) is 1. The number of rotatable bonds is 6. The Balaban J connectivity index is 0.00000243. The number of hydrogen-bond acceptors (Lipinski definition) is 6. The lowest BCUT2D eigenvalue weighted by Gasteiger charge is -2.35. The first kappa shape index (κ1) is 21.6. The fourth-order valence-electron chi connectivity index (χ4n) is 3.43. The normalized spacial score (nSPS) is 20.3. The van der Waals surface area contributed by atoms with Gasteiger partial charge in [-0.15, -0.1) is 35.3 Å². The van der Waals surface area contributed by atoms with Gasteiger partial charge in [-0.25, -0.2) is 4.98 Å². The van der Waals surface area contributed by atoms with Crippen LogP contribution in [0.25, 0.3) is 0 Å².